The van der Waals surface area contributed by atoms with E-state index in [1.54, 1.807) is 24.3 Å². The van der Waals surface area contributed by atoms with Gasteiger partial charge in [0.25, 0.3) is 0 Å². The second-order valence-electron chi connectivity index (χ2n) is 4.49. The van der Waals surface area contributed by atoms with Crippen LogP contribution in [0.5, 0.6) is 17.2 Å². The maximum Gasteiger partial charge on any atom is 0.163 e. The van der Waals surface area contributed by atoms with Crippen LogP contribution in [0.15, 0.2) is 36.4 Å². The fourth-order valence-electron chi connectivity index (χ4n) is 1.86. The number of ether oxygens (including phenoxy) is 1. The van der Waals surface area contributed by atoms with Crippen LogP contribution in [0.2, 0.25) is 0 Å². The normalized spacial score (nSPS) is 10.2. The van der Waals surface area contributed by atoms with Crippen LogP contribution in [0.4, 0.5) is 0 Å². The number of para-hydroxylation sites is 1. The molecule has 1 N–H and O–H groups in total. The Balaban J connectivity index is 2.61. The molecule has 0 heterocycles. The molecule has 0 aromatic heterocycles. The van der Waals surface area contributed by atoms with Crippen LogP contribution in [0.1, 0.15) is 34.6 Å². The Morgan fingerprint density at radius 3 is 2.14 bits per heavy atom. The van der Waals surface area contributed by atoms with E-state index in [0.29, 0.717) is 9.32 Å². The summed E-state index contributed by atoms with van der Waals surface area (Å²) >= 11 is 1.87. The molecular formula is C16H13IO4. The molecule has 0 aliphatic rings. The van der Waals surface area contributed by atoms with E-state index in [9.17, 15) is 14.7 Å². The molecule has 5 heteroatoms. The Kier molecular flexibility index (Phi) is 4.62. The van der Waals surface area contributed by atoms with Crippen LogP contribution in [0.25, 0.3) is 0 Å². The molecule has 0 unspecified atom stereocenters. The van der Waals surface area contributed by atoms with Gasteiger partial charge >= 0.3 is 0 Å². The fraction of sp³-hybridized carbons (Fsp3) is 0.125. The second kappa shape index (κ2) is 6.26. The van der Waals surface area contributed by atoms with Crippen molar-refractivity contribution in [3.63, 3.8) is 0 Å². The number of phenolic OH excluding ortho intramolecular Hbond substituents is 1. The average molecular weight is 396 g/mol. The maximum atomic E-state index is 11.8. The highest BCUT2D eigenvalue weighted by Gasteiger charge is 2.22. The van der Waals surface area contributed by atoms with Gasteiger partial charge in [-0.3, -0.25) is 9.59 Å². The number of rotatable bonds is 4. The zero-order chi connectivity index (χ0) is 15.6. The number of Topliss-reactive ketones (excluding diaryl/α,β-unsaturated/α-hetero) is 2. The summed E-state index contributed by atoms with van der Waals surface area (Å²) in [7, 11) is 0. The van der Waals surface area contributed by atoms with Crippen molar-refractivity contribution in [1.82, 2.24) is 0 Å². The summed E-state index contributed by atoms with van der Waals surface area (Å²) in [5.41, 5.74) is 0.385. The monoisotopic (exact) mass is 396 g/mol. The van der Waals surface area contributed by atoms with Gasteiger partial charge in [0, 0.05) is 0 Å². The number of carbonyl (C=O) groups is 2. The molecule has 108 valence electrons. The summed E-state index contributed by atoms with van der Waals surface area (Å²) < 4.78 is 6.06. The van der Waals surface area contributed by atoms with Crippen LogP contribution in [0.3, 0.4) is 0 Å². The smallest absolute Gasteiger partial charge is 0.163 e. The van der Waals surface area contributed by atoms with Crippen molar-refractivity contribution in [2.45, 2.75) is 13.8 Å². The first kappa shape index (κ1) is 15.5. The van der Waals surface area contributed by atoms with Gasteiger partial charge in [-0.05, 0) is 54.6 Å². The van der Waals surface area contributed by atoms with Gasteiger partial charge in [-0.2, -0.15) is 0 Å². The van der Waals surface area contributed by atoms with E-state index in [1.807, 2.05) is 28.7 Å². The third kappa shape index (κ3) is 3.24. The van der Waals surface area contributed by atoms with Gasteiger partial charge in [-0.1, -0.05) is 18.2 Å². The van der Waals surface area contributed by atoms with Gasteiger partial charge < -0.3 is 9.84 Å². The van der Waals surface area contributed by atoms with Gasteiger partial charge in [0.2, 0.25) is 0 Å². The van der Waals surface area contributed by atoms with Crippen LogP contribution in [-0.4, -0.2) is 16.7 Å². The SMILES string of the molecule is CC(=O)c1cc(C(C)=O)c(Oc2ccccc2)c(I)c1O. The molecule has 2 aromatic carbocycles. The molecule has 0 amide bonds. The fourth-order valence-corrected chi connectivity index (χ4v) is 2.55. The minimum Gasteiger partial charge on any atom is -0.506 e. The lowest BCUT2D eigenvalue weighted by atomic mass is 10.0. The van der Waals surface area contributed by atoms with Gasteiger partial charge in [0.1, 0.15) is 11.5 Å². The molecule has 0 radical (unpaired) electrons. The minimum atomic E-state index is -0.306. The van der Waals surface area contributed by atoms with Gasteiger partial charge in [0.05, 0.1) is 14.7 Å². The van der Waals surface area contributed by atoms with Crippen molar-refractivity contribution in [3.8, 4) is 17.2 Å². The van der Waals surface area contributed by atoms with Crippen molar-refractivity contribution in [2.75, 3.05) is 0 Å². The first-order valence-electron chi connectivity index (χ1n) is 6.22. The lowest BCUT2D eigenvalue weighted by molar-refractivity contribution is 0.101. The molecule has 0 fully saturated rings. The Morgan fingerprint density at radius 2 is 1.62 bits per heavy atom. The number of phenols is 1. The maximum absolute atomic E-state index is 11.8. The molecule has 0 spiro atoms. The van der Waals surface area contributed by atoms with Crippen LogP contribution in [-0.2, 0) is 0 Å². The quantitative estimate of drug-likeness (QED) is 0.622. The van der Waals surface area contributed by atoms with Crippen LogP contribution in [0, 0.1) is 3.57 Å². The standard InChI is InChI=1S/C16H13IO4/c1-9(18)12-8-13(10(2)19)16(14(17)15(12)20)21-11-6-4-3-5-7-11/h3-8,20H,1-2H3. The number of benzene rings is 2. The molecular weight excluding hydrogens is 383 g/mol. The highest BCUT2D eigenvalue weighted by Crippen LogP contribution is 2.39. The number of ketones is 2. The lowest BCUT2D eigenvalue weighted by Gasteiger charge is -2.14. The summed E-state index contributed by atoms with van der Waals surface area (Å²) in [6.07, 6.45) is 0. The summed E-state index contributed by atoms with van der Waals surface area (Å²) in [5.74, 6) is 0.101. The molecule has 0 saturated heterocycles. The zero-order valence-electron chi connectivity index (χ0n) is 11.5. The number of hydrogen-bond donors (Lipinski definition) is 1. The first-order chi connectivity index (χ1) is 9.91. The predicted molar refractivity (Wildman–Crippen MR) is 87.3 cm³/mol. The number of carbonyl (C=O) groups excluding carboxylic acids is 2. The van der Waals surface area contributed by atoms with E-state index in [2.05, 4.69) is 0 Å². The van der Waals surface area contributed by atoms with Crippen molar-refractivity contribution >= 4 is 34.2 Å². The van der Waals surface area contributed by atoms with Crippen molar-refractivity contribution in [2.24, 2.45) is 0 Å². The molecule has 21 heavy (non-hydrogen) atoms. The van der Waals surface area contributed by atoms with E-state index in [-0.39, 0.29) is 34.2 Å². The molecule has 0 bridgehead atoms. The molecule has 0 saturated carbocycles. The van der Waals surface area contributed by atoms with Crippen molar-refractivity contribution < 1.29 is 19.4 Å². The lowest BCUT2D eigenvalue weighted by Crippen LogP contribution is -2.04. The highest BCUT2D eigenvalue weighted by atomic mass is 127. The molecule has 0 atom stereocenters. The topological polar surface area (TPSA) is 63.6 Å². The molecule has 0 aliphatic carbocycles. The van der Waals surface area contributed by atoms with E-state index in [0.717, 1.165) is 0 Å². The van der Waals surface area contributed by atoms with Crippen molar-refractivity contribution in [1.29, 1.82) is 0 Å². The molecule has 0 aliphatic heterocycles. The van der Waals surface area contributed by atoms with E-state index >= 15 is 0 Å². The number of hydrogen-bond acceptors (Lipinski definition) is 4. The van der Waals surface area contributed by atoms with Crippen molar-refractivity contribution in [3.05, 3.63) is 51.1 Å². The zero-order valence-corrected chi connectivity index (χ0v) is 13.7. The third-order valence-corrected chi connectivity index (χ3v) is 3.92. The molecule has 2 rings (SSSR count). The first-order valence-corrected chi connectivity index (χ1v) is 7.30. The average Bonchev–Trinajstić information content (AvgIpc) is 2.44. The molecule has 4 nitrogen and oxygen atoms in total. The van der Waals surface area contributed by atoms with Gasteiger partial charge in [-0.15, -0.1) is 0 Å². The molecule has 2 aromatic rings. The van der Waals surface area contributed by atoms with Gasteiger partial charge in [0.15, 0.2) is 17.3 Å². The van der Waals surface area contributed by atoms with Gasteiger partial charge in [-0.25, -0.2) is 0 Å². The summed E-state index contributed by atoms with van der Waals surface area (Å²) in [6, 6.07) is 10.3. The highest BCUT2D eigenvalue weighted by molar-refractivity contribution is 14.1. The Hall–Kier alpha value is -1.89. The summed E-state index contributed by atoms with van der Waals surface area (Å²) in [4.78, 5) is 23.4. The van der Waals surface area contributed by atoms with Crippen LogP contribution < -0.4 is 4.74 Å². The largest absolute Gasteiger partial charge is 0.506 e. The predicted octanol–water partition coefficient (Wildman–Crippen LogP) is 4.19. The summed E-state index contributed by atoms with van der Waals surface area (Å²) in [5, 5.41) is 10.1. The minimum absolute atomic E-state index is 0.116. The van der Waals surface area contributed by atoms with E-state index in [4.69, 9.17) is 4.74 Å². The third-order valence-electron chi connectivity index (χ3n) is 2.92. The summed E-state index contributed by atoms with van der Waals surface area (Å²) in [6.45, 7) is 2.73. The Bertz CT molecular complexity index is 708. The number of halogens is 1. The van der Waals surface area contributed by atoms with E-state index < -0.39 is 0 Å². The van der Waals surface area contributed by atoms with E-state index in [1.165, 1.54) is 19.9 Å². The Morgan fingerprint density at radius 1 is 1.05 bits per heavy atom. The van der Waals surface area contributed by atoms with Crippen LogP contribution >= 0.6 is 22.6 Å². The second-order valence-corrected chi connectivity index (χ2v) is 5.57. The number of aromatic hydroxyl groups is 1. The Labute approximate surface area is 135 Å².